The molecule has 0 bridgehead atoms. The largest absolute Gasteiger partial charge is 0.462 e. The maximum Gasteiger partial charge on any atom is 0.157 e. The summed E-state index contributed by atoms with van der Waals surface area (Å²) in [6.45, 7) is 1.63. The maximum atomic E-state index is 14.7. The van der Waals surface area contributed by atoms with Crippen molar-refractivity contribution in [2.24, 2.45) is 0 Å². The molecule has 1 aliphatic rings. The zero-order valence-electron chi connectivity index (χ0n) is 14.8. The van der Waals surface area contributed by atoms with Gasteiger partial charge in [0.05, 0.1) is 43.2 Å². The molecule has 26 heavy (non-hydrogen) atoms. The number of likely N-dealkylation sites (tertiary alicyclic amines) is 1. The van der Waals surface area contributed by atoms with E-state index >= 15 is 0 Å². The van der Waals surface area contributed by atoms with Gasteiger partial charge in [-0.2, -0.15) is 5.26 Å². The van der Waals surface area contributed by atoms with Gasteiger partial charge in [-0.05, 0) is 12.5 Å². The van der Waals surface area contributed by atoms with E-state index in [1.54, 1.807) is 6.26 Å². The minimum atomic E-state index is -1.05. The van der Waals surface area contributed by atoms with E-state index in [-0.39, 0.29) is 25.6 Å². The fraction of sp³-hybridized carbons (Fsp3) is 0.526. The number of nitrogens with one attached hydrogen (secondary N) is 1. The van der Waals surface area contributed by atoms with E-state index in [1.165, 1.54) is 7.11 Å². The van der Waals surface area contributed by atoms with Gasteiger partial charge in [-0.25, -0.2) is 4.39 Å². The smallest absolute Gasteiger partial charge is 0.157 e. The Balaban J connectivity index is 1.65. The lowest BCUT2D eigenvalue weighted by Crippen LogP contribution is -2.50. The van der Waals surface area contributed by atoms with Gasteiger partial charge in [0.2, 0.25) is 0 Å². The second kappa shape index (κ2) is 8.49. The van der Waals surface area contributed by atoms with Crippen molar-refractivity contribution in [3.63, 3.8) is 0 Å². The molecule has 1 aromatic heterocycles. The number of fused-ring (bicyclic) bond motifs is 1. The van der Waals surface area contributed by atoms with E-state index in [1.807, 2.05) is 23.1 Å². The number of rotatable bonds is 7. The summed E-state index contributed by atoms with van der Waals surface area (Å²) >= 11 is 0. The van der Waals surface area contributed by atoms with Crippen LogP contribution in [0.5, 0.6) is 0 Å². The first kappa shape index (κ1) is 18.6. The molecule has 3 atom stereocenters. The van der Waals surface area contributed by atoms with Crippen molar-refractivity contribution in [3.8, 4) is 6.07 Å². The quantitative estimate of drug-likeness (QED) is 0.788. The third-order valence-corrected chi connectivity index (χ3v) is 4.74. The molecule has 1 saturated heterocycles. The van der Waals surface area contributed by atoms with Gasteiger partial charge >= 0.3 is 0 Å². The number of piperidine rings is 1. The molecular weight excluding hydrogens is 337 g/mol. The lowest BCUT2D eigenvalue weighted by atomic mass is 10.0. The summed E-state index contributed by atoms with van der Waals surface area (Å²) in [5.74, 6) is 0. The second-order valence-electron chi connectivity index (χ2n) is 6.70. The summed E-state index contributed by atoms with van der Waals surface area (Å²) in [5, 5.41) is 22.9. The van der Waals surface area contributed by atoms with Crippen molar-refractivity contribution in [3.05, 3.63) is 30.0 Å². The van der Waals surface area contributed by atoms with Crippen LogP contribution >= 0.6 is 0 Å². The number of ether oxygens (including phenoxy) is 1. The first-order valence-electron chi connectivity index (χ1n) is 8.78. The molecule has 2 N–H and O–H groups in total. The number of methoxy groups -OCH3 is 1. The summed E-state index contributed by atoms with van der Waals surface area (Å²) < 4.78 is 25.2. The highest BCUT2D eigenvalue weighted by Crippen LogP contribution is 2.30. The first-order chi connectivity index (χ1) is 12.6. The van der Waals surface area contributed by atoms with Gasteiger partial charge in [-0.3, -0.25) is 4.90 Å². The highest BCUT2D eigenvalue weighted by atomic mass is 19.1. The number of anilines is 1. The molecule has 1 aliphatic heterocycles. The van der Waals surface area contributed by atoms with Crippen LogP contribution in [0.1, 0.15) is 12.0 Å². The maximum absolute atomic E-state index is 14.7. The lowest BCUT2D eigenvalue weighted by molar-refractivity contribution is 0.0215. The summed E-state index contributed by atoms with van der Waals surface area (Å²) in [4.78, 5) is 1.92. The van der Waals surface area contributed by atoms with Crippen molar-refractivity contribution in [2.45, 2.75) is 31.2 Å². The standard InChI is InChI=1S/C19H24FN3O3/c1-25-12-14(24)9-23-8-6-17(16(20)10-23)22-18-4-2-3-15-13(5-7-21)11-26-19(15)18/h2-4,11,14,16-17,22,24H,5-6,8-10,12H2,1H3. The molecule has 0 radical (unpaired) electrons. The van der Waals surface area contributed by atoms with Crippen LogP contribution in [0, 0.1) is 11.3 Å². The zero-order chi connectivity index (χ0) is 18.5. The lowest BCUT2D eigenvalue weighted by Gasteiger charge is -2.36. The van der Waals surface area contributed by atoms with Crippen molar-refractivity contribution in [1.29, 1.82) is 5.26 Å². The fourth-order valence-corrected chi connectivity index (χ4v) is 3.49. The normalized spacial score (nSPS) is 22.2. The Morgan fingerprint density at radius 3 is 3.12 bits per heavy atom. The first-order valence-corrected chi connectivity index (χ1v) is 8.78. The summed E-state index contributed by atoms with van der Waals surface area (Å²) in [6.07, 6.45) is 0.841. The number of benzene rings is 1. The van der Waals surface area contributed by atoms with Crippen molar-refractivity contribution in [2.75, 3.05) is 38.7 Å². The van der Waals surface area contributed by atoms with Crippen LogP contribution < -0.4 is 5.32 Å². The minimum absolute atomic E-state index is 0.251. The zero-order valence-corrected chi connectivity index (χ0v) is 14.8. The van der Waals surface area contributed by atoms with Gasteiger partial charge < -0.3 is 19.6 Å². The summed E-state index contributed by atoms with van der Waals surface area (Å²) in [5.41, 5.74) is 2.24. The number of hydrogen-bond donors (Lipinski definition) is 2. The van der Waals surface area contributed by atoms with Gasteiger partial charge in [-0.15, -0.1) is 0 Å². The predicted octanol–water partition coefficient (Wildman–Crippen LogP) is 2.33. The SMILES string of the molecule is COCC(O)CN1CCC(Nc2cccc3c(CC#N)coc23)C(F)C1. The average molecular weight is 361 g/mol. The van der Waals surface area contributed by atoms with Crippen LogP contribution in [-0.4, -0.2) is 61.7 Å². The molecule has 2 heterocycles. The topological polar surface area (TPSA) is 81.7 Å². The Morgan fingerprint density at radius 2 is 2.38 bits per heavy atom. The van der Waals surface area contributed by atoms with Crippen molar-refractivity contribution < 1.29 is 18.7 Å². The van der Waals surface area contributed by atoms with E-state index in [4.69, 9.17) is 14.4 Å². The van der Waals surface area contributed by atoms with Crippen LogP contribution in [0.4, 0.5) is 10.1 Å². The number of aliphatic hydroxyl groups excluding tert-OH is 1. The van der Waals surface area contributed by atoms with Gasteiger partial charge in [0.15, 0.2) is 5.58 Å². The summed E-state index contributed by atoms with van der Waals surface area (Å²) in [7, 11) is 1.54. The van der Waals surface area contributed by atoms with Gasteiger partial charge in [0, 0.05) is 37.7 Å². The molecule has 2 aromatic rings. The number of nitriles is 1. The van der Waals surface area contributed by atoms with Gasteiger partial charge in [0.25, 0.3) is 0 Å². The average Bonchev–Trinajstić information content (AvgIpc) is 3.02. The van der Waals surface area contributed by atoms with E-state index in [9.17, 15) is 9.50 Å². The van der Waals surface area contributed by atoms with Crippen molar-refractivity contribution in [1.82, 2.24) is 4.90 Å². The molecule has 0 spiro atoms. The van der Waals surface area contributed by atoms with Crippen LogP contribution in [0.2, 0.25) is 0 Å². The van der Waals surface area contributed by atoms with Gasteiger partial charge in [-0.1, -0.05) is 12.1 Å². The van der Waals surface area contributed by atoms with E-state index in [0.717, 1.165) is 16.6 Å². The molecule has 3 rings (SSSR count). The monoisotopic (exact) mass is 361 g/mol. The molecule has 1 fully saturated rings. The molecule has 3 unspecified atom stereocenters. The van der Waals surface area contributed by atoms with Crippen molar-refractivity contribution >= 4 is 16.7 Å². The van der Waals surface area contributed by atoms with Crippen LogP contribution in [-0.2, 0) is 11.2 Å². The molecule has 6 nitrogen and oxygen atoms in total. The van der Waals surface area contributed by atoms with Gasteiger partial charge in [0.1, 0.15) is 6.17 Å². The highest BCUT2D eigenvalue weighted by Gasteiger charge is 2.30. The number of halogens is 1. The number of aliphatic hydroxyl groups is 1. The molecule has 0 amide bonds. The third kappa shape index (κ3) is 4.15. The Morgan fingerprint density at radius 1 is 1.54 bits per heavy atom. The Hall–Kier alpha value is -2.14. The summed E-state index contributed by atoms with van der Waals surface area (Å²) in [6, 6.07) is 7.46. The van der Waals surface area contributed by atoms with Crippen LogP contribution in [0.3, 0.4) is 0 Å². The van der Waals surface area contributed by atoms with E-state index < -0.39 is 12.3 Å². The molecule has 0 saturated carbocycles. The third-order valence-electron chi connectivity index (χ3n) is 4.74. The number of β-amino-alcohol motifs (C(OH)–C–C–N with tert-alkyl or cyclic N) is 1. The molecular formula is C19H24FN3O3. The number of nitrogens with zero attached hydrogens (tertiary/aromatic N) is 2. The highest BCUT2D eigenvalue weighted by molar-refractivity contribution is 5.91. The van der Waals surface area contributed by atoms with Crippen LogP contribution in [0.15, 0.2) is 28.9 Å². The number of furan rings is 1. The Bertz CT molecular complexity index is 773. The fourth-order valence-electron chi connectivity index (χ4n) is 3.49. The predicted molar refractivity (Wildman–Crippen MR) is 96.8 cm³/mol. The Labute approximate surface area is 152 Å². The second-order valence-corrected chi connectivity index (χ2v) is 6.70. The van der Waals surface area contributed by atoms with Crippen LogP contribution in [0.25, 0.3) is 11.0 Å². The van der Waals surface area contributed by atoms with E-state index in [2.05, 4.69) is 11.4 Å². The number of para-hydroxylation sites is 1. The molecule has 0 aliphatic carbocycles. The Kier molecular flexibility index (Phi) is 6.09. The molecule has 140 valence electrons. The number of hydrogen-bond acceptors (Lipinski definition) is 6. The van der Waals surface area contributed by atoms with E-state index in [0.29, 0.717) is 25.1 Å². The molecule has 1 aromatic carbocycles. The minimum Gasteiger partial charge on any atom is -0.462 e. The molecule has 7 heteroatoms. The number of alkyl halides is 1.